The topological polar surface area (TPSA) is 86.2 Å². The van der Waals surface area contributed by atoms with Gasteiger partial charge in [0.05, 0.1) is 12.7 Å². The molecule has 9 nitrogen and oxygen atoms in total. The van der Waals surface area contributed by atoms with E-state index in [0.717, 1.165) is 36.0 Å². The quantitative estimate of drug-likeness (QED) is 0.531. The molecular formula is C23H36N6O3. The fraction of sp³-hybridized carbons (Fsp3) is 0.565. The molecule has 0 bridgehead atoms. The smallest absolute Gasteiger partial charge is 0.161 e. The van der Waals surface area contributed by atoms with Crippen LogP contribution in [0, 0.1) is 0 Å². The highest BCUT2D eigenvalue weighted by atomic mass is 16.5. The fourth-order valence-electron chi connectivity index (χ4n) is 3.67. The van der Waals surface area contributed by atoms with E-state index in [-0.39, 0.29) is 0 Å². The molecule has 0 amide bonds. The lowest BCUT2D eigenvalue weighted by atomic mass is 10.0. The van der Waals surface area contributed by atoms with E-state index < -0.39 is 5.60 Å². The summed E-state index contributed by atoms with van der Waals surface area (Å²) in [7, 11) is 9.58. The molecule has 1 fully saturated rings. The number of methoxy groups -OCH3 is 1. The van der Waals surface area contributed by atoms with Gasteiger partial charge in [0.2, 0.25) is 0 Å². The van der Waals surface area contributed by atoms with Gasteiger partial charge in [0.15, 0.2) is 11.5 Å². The van der Waals surface area contributed by atoms with Crippen LogP contribution in [0.2, 0.25) is 0 Å². The van der Waals surface area contributed by atoms with Crippen LogP contribution in [0.15, 0.2) is 30.6 Å². The zero-order valence-electron chi connectivity index (χ0n) is 19.8. The zero-order chi connectivity index (χ0) is 23.1. The Hall–Kier alpha value is -2.62. The number of anilines is 2. The third kappa shape index (κ3) is 6.44. The average Bonchev–Trinajstić information content (AvgIpc) is 3.16. The molecule has 2 N–H and O–H groups in total. The summed E-state index contributed by atoms with van der Waals surface area (Å²) in [6.45, 7) is 3.87. The summed E-state index contributed by atoms with van der Waals surface area (Å²) < 4.78 is 11.3. The highest BCUT2D eigenvalue weighted by Crippen LogP contribution is 2.29. The Morgan fingerprint density at radius 3 is 2.69 bits per heavy atom. The lowest BCUT2D eigenvalue weighted by molar-refractivity contribution is 0.0626. The van der Waals surface area contributed by atoms with Crippen LogP contribution >= 0.6 is 0 Å². The third-order valence-corrected chi connectivity index (χ3v) is 5.56. The number of ether oxygens (including phenoxy) is 2. The van der Waals surface area contributed by atoms with E-state index in [1.54, 1.807) is 13.4 Å². The van der Waals surface area contributed by atoms with E-state index in [2.05, 4.69) is 25.1 Å². The van der Waals surface area contributed by atoms with Gasteiger partial charge >= 0.3 is 0 Å². The maximum Gasteiger partial charge on any atom is 0.161 e. The van der Waals surface area contributed by atoms with Gasteiger partial charge in [0, 0.05) is 52.9 Å². The molecule has 1 atom stereocenters. The van der Waals surface area contributed by atoms with Crippen LogP contribution in [0.25, 0.3) is 0 Å². The molecule has 32 heavy (non-hydrogen) atoms. The minimum absolute atomic E-state index is 0.499. The van der Waals surface area contributed by atoms with E-state index in [4.69, 9.17) is 9.47 Å². The van der Waals surface area contributed by atoms with E-state index in [1.165, 1.54) is 0 Å². The number of nitrogens with zero attached hydrogens (tertiary/aromatic N) is 5. The molecule has 0 radical (unpaired) electrons. The van der Waals surface area contributed by atoms with Crippen molar-refractivity contribution in [1.82, 2.24) is 20.2 Å². The van der Waals surface area contributed by atoms with Crippen molar-refractivity contribution >= 4 is 11.6 Å². The van der Waals surface area contributed by atoms with E-state index in [0.29, 0.717) is 38.4 Å². The Morgan fingerprint density at radius 1 is 1.16 bits per heavy atom. The van der Waals surface area contributed by atoms with Gasteiger partial charge in [-0.25, -0.2) is 9.97 Å². The molecule has 1 saturated heterocycles. The summed E-state index contributed by atoms with van der Waals surface area (Å²) in [6, 6.07) is 7.89. The number of β-amino-alcohol motifs (C(OH)–C–C–N with tert-alkyl or cyclic N) is 1. The summed E-state index contributed by atoms with van der Waals surface area (Å²) in [5.74, 6) is 3.15. The first-order valence-corrected chi connectivity index (χ1v) is 10.9. The van der Waals surface area contributed by atoms with Crippen molar-refractivity contribution in [3.8, 4) is 11.5 Å². The van der Waals surface area contributed by atoms with Gasteiger partial charge in [0.25, 0.3) is 0 Å². The zero-order valence-corrected chi connectivity index (χ0v) is 19.8. The van der Waals surface area contributed by atoms with Crippen LogP contribution in [0.4, 0.5) is 11.6 Å². The monoisotopic (exact) mass is 444 g/mol. The van der Waals surface area contributed by atoms with Gasteiger partial charge in [-0.15, -0.1) is 0 Å². The predicted molar refractivity (Wildman–Crippen MR) is 127 cm³/mol. The van der Waals surface area contributed by atoms with Crippen LogP contribution in [-0.2, 0) is 6.54 Å². The van der Waals surface area contributed by atoms with Crippen LogP contribution in [-0.4, -0.2) is 93.7 Å². The molecule has 176 valence electrons. The SMILES string of the molecule is COc1cc(CNC[C@@]2(O)CCN(c3cc(N(C)C)ncn3)C2)ccc1OCCN(C)C. The number of aliphatic hydroxyl groups is 1. The number of likely N-dealkylation sites (N-methyl/N-ethyl adjacent to an activating group) is 1. The largest absolute Gasteiger partial charge is 0.493 e. The summed E-state index contributed by atoms with van der Waals surface area (Å²) in [5, 5.41) is 14.5. The molecule has 2 aromatic rings. The first kappa shape index (κ1) is 24.0. The number of rotatable bonds is 11. The first-order valence-electron chi connectivity index (χ1n) is 10.9. The molecule has 1 aliphatic rings. The van der Waals surface area contributed by atoms with Crippen LogP contribution in [0.3, 0.4) is 0 Å². The summed E-state index contributed by atoms with van der Waals surface area (Å²) in [4.78, 5) is 14.8. The molecule has 9 heteroatoms. The molecule has 1 aromatic heterocycles. The van der Waals surface area contributed by atoms with Gasteiger partial charge in [-0.3, -0.25) is 0 Å². The molecular weight excluding hydrogens is 408 g/mol. The number of hydrogen-bond donors (Lipinski definition) is 2. The number of aromatic nitrogens is 2. The van der Waals surface area contributed by atoms with Gasteiger partial charge in [0.1, 0.15) is 24.6 Å². The summed E-state index contributed by atoms with van der Waals surface area (Å²) in [5.41, 5.74) is 0.273. The van der Waals surface area contributed by atoms with Gasteiger partial charge in [-0.05, 0) is 38.2 Å². The van der Waals surface area contributed by atoms with E-state index >= 15 is 0 Å². The lowest BCUT2D eigenvalue weighted by Crippen LogP contribution is -2.43. The molecule has 1 aromatic carbocycles. The Morgan fingerprint density at radius 2 is 1.97 bits per heavy atom. The predicted octanol–water partition coefficient (Wildman–Crippen LogP) is 1.22. The van der Waals surface area contributed by atoms with Crippen molar-refractivity contribution in [3.63, 3.8) is 0 Å². The van der Waals surface area contributed by atoms with E-state index in [9.17, 15) is 5.11 Å². The maximum absolute atomic E-state index is 11.1. The Kier molecular flexibility index (Phi) is 8.11. The molecule has 0 saturated carbocycles. The van der Waals surface area contributed by atoms with Crippen molar-refractivity contribution in [1.29, 1.82) is 0 Å². The number of benzene rings is 1. The second kappa shape index (κ2) is 10.8. The van der Waals surface area contributed by atoms with Crippen LogP contribution in [0.1, 0.15) is 12.0 Å². The Bertz CT molecular complexity index is 879. The standard InChI is InChI=1S/C23H36N6O3/c1-27(2)10-11-32-19-7-6-18(12-20(19)31-5)14-24-15-23(30)8-9-29(16-23)22-13-21(28(3)4)25-17-26-22/h6-7,12-13,17,24,30H,8-11,14-16H2,1-5H3/t23-/m0/s1. The molecule has 3 rings (SSSR count). The minimum Gasteiger partial charge on any atom is -0.493 e. The molecule has 0 aliphatic carbocycles. The first-order chi connectivity index (χ1) is 15.3. The highest BCUT2D eigenvalue weighted by molar-refractivity contribution is 5.50. The molecule has 1 aliphatic heterocycles. The lowest BCUT2D eigenvalue weighted by Gasteiger charge is -2.25. The summed E-state index contributed by atoms with van der Waals surface area (Å²) in [6.07, 6.45) is 2.25. The van der Waals surface area contributed by atoms with Crippen molar-refractivity contribution in [2.24, 2.45) is 0 Å². The maximum atomic E-state index is 11.1. The Labute approximate surface area is 191 Å². The minimum atomic E-state index is -0.803. The second-order valence-electron chi connectivity index (χ2n) is 8.77. The highest BCUT2D eigenvalue weighted by Gasteiger charge is 2.36. The second-order valence-corrected chi connectivity index (χ2v) is 8.77. The average molecular weight is 445 g/mol. The molecule has 0 unspecified atom stereocenters. The van der Waals surface area contributed by atoms with Crippen LogP contribution in [0.5, 0.6) is 11.5 Å². The molecule has 2 heterocycles. The van der Waals surface area contributed by atoms with Gasteiger partial charge in [-0.1, -0.05) is 6.07 Å². The van der Waals surface area contributed by atoms with Crippen molar-refractivity contribution in [2.45, 2.75) is 18.6 Å². The van der Waals surface area contributed by atoms with E-state index in [1.807, 2.05) is 57.4 Å². The van der Waals surface area contributed by atoms with Crippen molar-refractivity contribution in [2.75, 3.05) is 77.9 Å². The van der Waals surface area contributed by atoms with Crippen molar-refractivity contribution < 1.29 is 14.6 Å². The van der Waals surface area contributed by atoms with Gasteiger partial charge < -0.3 is 34.6 Å². The number of nitrogens with one attached hydrogen (secondary N) is 1. The fourth-order valence-corrected chi connectivity index (χ4v) is 3.67. The third-order valence-electron chi connectivity index (χ3n) is 5.56. The van der Waals surface area contributed by atoms with Crippen LogP contribution < -0.4 is 24.6 Å². The molecule has 0 spiro atoms. The number of hydrogen-bond acceptors (Lipinski definition) is 9. The summed E-state index contributed by atoms with van der Waals surface area (Å²) >= 11 is 0. The van der Waals surface area contributed by atoms with Crippen molar-refractivity contribution in [3.05, 3.63) is 36.2 Å². The Balaban J connectivity index is 1.52. The van der Waals surface area contributed by atoms with Gasteiger partial charge in [-0.2, -0.15) is 0 Å². The normalized spacial score (nSPS) is 18.3.